The second-order valence-electron chi connectivity index (χ2n) is 4.98. The molecular weight excluding hydrogens is 256 g/mol. The predicted octanol–water partition coefficient (Wildman–Crippen LogP) is 0.722. The van der Waals surface area contributed by atoms with E-state index in [9.17, 15) is 0 Å². The summed E-state index contributed by atoms with van der Waals surface area (Å²) in [6.07, 6.45) is 3.65. The van der Waals surface area contributed by atoms with Crippen molar-refractivity contribution < 1.29 is 5.11 Å². The molecule has 0 amide bonds. The second-order valence-corrected chi connectivity index (χ2v) is 4.98. The molecule has 1 aromatic rings. The number of rotatable bonds is 6. The zero-order valence-electron chi connectivity index (χ0n) is 12.3. The van der Waals surface area contributed by atoms with E-state index in [-0.39, 0.29) is 6.61 Å². The molecule has 7 heteroatoms. The zero-order valence-corrected chi connectivity index (χ0v) is 12.3. The monoisotopic (exact) mass is 280 g/mol. The largest absolute Gasteiger partial charge is 0.395 e. The smallest absolute Gasteiger partial charge is 0.231 e. The molecule has 2 N–H and O–H groups in total. The van der Waals surface area contributed by atoms with Crippen molar-refractivity contribution in [3.8, 4) is 0 Å². The van der Waals surface area contributed by atoms with E-state index in [1.165, 1.54) is 19.3 Å². The van der Waals surface area contributed by atoms with E-state index >= 15 is 0 Å². The van der Waals surface area contributed by atoms with Crippen LogP contribution < -0.4 is 15.1 Å². The van der Waals surface area contributed by atoms with Gasteiger partial charge in [-0.05, 0) is 26.2 Å². The van der Waals surface area contributed by atoms with Crippen LogP contribution in [0.5, 0.6) is 0 Å². The van der Waals surface area contributed by atoms with E-state index in [1.807, 2.05) is 18.9 Å². The number of hydrogen-bond acceptors (Lipinski definition) is 7. The lowest BCUT2D eigenvalue weighted by molar-refractivity contribution is 0.303. The molecule has 1 aliphatic rings. The maximum atomic E-state index is 9.05. The van der Waals surface area contributed by atoms with Crippen LogP contribution in [0, 0.1) is 0 Å². The molecule has 0 aromatic carbocycles. The summed E-state index contributed by atoms with van der Waals surface area (Å²) in [5, 5.41) is 12.2. The number of aromatic nitrogens is 3. The van der Waals surface area contributed by atoms with Gasteiger partial charge in [-0.15, -0.1) is 0 Å². The van der Waals surface area contributed by atoms with Crippen molar-refractivity contribution in [3.05, 3.63) is 0 Å². The Morgan fingerprint density at radius 3 is 2.60 bits per heavy atom. The van der Waals surface area contributed by atoms with Crippen molar-refractivity contribution in [2.45, 2.75) is 26.2 Å². The SMILES string of the molecule is CCNc1nc(N(C)CCO)nc(N2CCCCC2)n1. The highest BCUT2D eigenvalue weighted by Gasteiger charge is 2.17. The zero-order chi connectivity index (χ0) is 14.4. The normalized spacial score (nSPS) is 15.2. The van der Waals surface area contributed by atoms with Gasteiger partial charge in [0, 0.05) is 33.2 Å². The maximum absolute atomic E-state index is 9.05. The van der Waals surface area contributed by atoms with Crippen LogP contribution in [0.25, 0.3) is 0 Å². The first-order chi connectivity index (χ1) is 9.74. The molecule has 7 nitrogen and oxygen atoms in total. The van der Waals surface area contributed by atoms with Crippen LogP contribution in [0.15, 0.2) is 0 Å². The van der Waals surface area contributed by atoms with Gasteiger partial charge in [-0.2, -0.15) is 15.0 Å². The van der Waals surface area contributed by atoms with Gasteiger partial charge < -0.3 is 20.2 Å². The molecule has 2 heterocycles. The third-order valence-electron chi connectivity index (χ3n) is 3.36. The van der Waals surface area contributed by atoms with Gasteiger partial charge in [-0.1, -0.05) is 0 Å². The molecule has 2 rings (SSSR count). The molecule has 0 unspecified atom stereocenters. The molecule has 0 bridgehead atoms. The Kier molecular flexibility index (Phi) is 5.34. The van der Waals surface area contributed by atoms with Crippen molar-refractivity contribution in [1.82, 2.24) is 15.0 Å². The number of nitrogens with one attached hydrogen (secondary N) is 1. The minimum atomic E-state index is 0.0811. The summed E-state index contributed by atoms with van der Waals surface area (Å²) in [6, 6.07) is 0. The van der Waals surface area contributed by atoms with E-state index in [1.54, 1.807) is 0 Å². The minimum absolute atomic E-state index is 0.0811. The molecule has 0 radical (unpaired) electrons. The van der Waals surface area contributed by atoms with E-state index in [4.69, 9.17) is 5.11 Å². The Balaban J connectivity index is 2.24. The van der Waals surface area contributed by atoms with Gasteiger partial charge in [0.05, 0.1) is 6.61 Å². The van der Waals surface area contributed by atoms with Crippen LogP contribution in [0.1, 0.15) is 26.2 Å². The predicted molar refractivity (Wildman–Crippen MR) is 80.4 cm³/mol. The summed E-state index contributed by atoms with van der Waals surface area (Å²) in [7, 11) is 1.88. The van der Waals surface area contributed by atoms with E-state index in [0.29, 0.717) is 18.4 Å². The fourth-order valence-electron chi connectivity index (χ4n) is 2.25. The number of piperidine rings is 1. The lowest BCUT2D eigenvalue weighted by Gasteiger charge is -2.27. The Labute approximate surface area is 120 Å². The number of nitrogens with zero attached hydrogens (tertiary/aromatic N) is 5. The molecule has 0 aliphatic carbocycles. The Bertz CT molecular complexity index is 421. The van der Waals surface area contributed by atoms with Crippen molar-refractivity contribution in [2.24, 2.45) is 0 Å². The van der Waals surface area contributed by atoms with Crippen molar-refractivity contribution >= 4 is 17.8 Å². The molecule has 1 fully saturated rings. The van der Waals surface area contributed by atoms with Crippen molar-refractivity contribution in [1.29, 1.82) is 0 Å². The van der Waals surface area contributed by atoms with Crippen LogP contribution in [0.4, 0.5) is 17.8 Å². The first-order valence-electron chi connectivity index (χ1n) is 7.31. The summed E-state index contributed by atoms with van der Waals surface area (Å²) in [5.41, 5.74) is 0. The van der Waals surface area contributed by atoms with Crippen LogP contribution in [0.3, 0.4) is 0 Å². The van der Waals surface area contributed by atoms with Gasteiger partial charge in [0.25, 0.3) is 0 Å². The molecule has 0 spiro atoms. The van der Waals surface area contributed by atoms with Gasteiger partial charge in [-0.3, -0.25) is 0 Å². The average Bonchev–Trinajstić information content (AvgIpc) is 2.48. The van der Waals surface area contributed by atoms with E-state index in [0.717, 1.165) is 25.6 Å². The summed E-state index contributed by atoms with van der Waals surface area (Å²) < 4.78 is 0. The fraction of sp³-hybridized carbons (Fsp3) is 0.769. The summed E-state index contributed by atoms with van der Waals surface area (Å²) in [6.45, 7) is 5.37. The van der Waals surface area contributed by atoms with Crippen LogP contribution in [-0.4, -0.2) is 59.9 Å². The lowest BCUT2D eigenvalue weighted by atomic mass is 10.1. The summed E-state index contributed by atoms with van der Waals surface area (Å²) in [5.74, 6) is 1.93. The molecule has 0 atom stereocenters. The first-order valence-corrected chi connectivity index (χ1v) is 7.31. The summed E-state index contributed by atoms with van der Waals surface area (Å²) >= 11 is 0. The Morgan fingerprint density at radius 2 is 1.95 bits per heavy atom. The topological polar surface area (TPSA) is 77.4 Å². The number of aliphatic hydroxyl groups is 1. The fourth-order valence-corrected chi connectivity index (χ4v) is 2.25. The number of likely N-dealkylation sites (N-methyl/N-ethyl adjacent to an activating group) is 1. The molecule has 1 aliphatic heterocycles. The van der Waals surface area contributed by atoms with Gasteiger partial charge in [0.2, 0.25) is 17.8 Å². The van der Waals surface area contributed by atoms with E-state index < -0.39 is 0 Å². The van der Waals surface area contributed by atoms with Crippen LogP contribution in [0.2, 0.25) is 0 Å². The lowest BCUT2D eigenvalue weighted by Crippen LogP contribution is -2.32. The second kappa shape index (κ2) is 7.23. The van der Waals surface area contributed by atoms with Crippen LogP contribution >= 0.6 is 0 Å². The maximum Gasteiger partial charge on any atom is 0.231 e. The Morgan fingerprint density at radius 1 is 1.20 bits per heavy atom. The third kappa shape index (κ3) is 3.69. The molecule has 1 aromatic heterocycles. The number of anilines is 3. The highest BCUT2D eigenvalue weighted by atomic mass is 16.3. The van der Waals surface area contributed by atoms with Gasteiger partial charge in [-0.25, -0.2) is 0 Å². The number of hydrogen-bond donors (Lipinski definition) is 2. The molecule has 112 valence electrons. The standard InChI is InChI=1S/C13H24N6O/c1-3-14-11-15-12(18(2)9-10-20)17-13(16-11)19-7-5-4-6-8-19/h20H,3-10H2,1-2H3,(H,14,15,16,17). The molecule has 20 heavy (non-hydrogen) atoms. The average molecular weight is 280 g/mol. The molecule has 1 saturated heterocycles. The van der Waals surface area contributed by atoms with Gasteiger partial charge in [0.15, 0.2) is 0 Å². The minimum Gasteiger partial charge on any atom is -0.395 e. The highest BCUT2D eigenvalue weighted by molar-refractivity contribution is 5.45. The Hall–Kier alpha value is -1.63. The highest BCUT2D eigenvalue weighted by Crippen LogP contribution is 2.19. The van der Waals surface area contributed by atoms with Crippen LogP contribution in [-0.2, 0) is 0 Å². The van der Waals surface area contributed by atoms with Gasteiger partial charge >= 0.3 is 0 Å². The third-order valence-corrected chi connectivity index (χ3v) is 3.36. The van der Waals surface area contributed by atoms with Crippen molar-refractivity contribution in [2.75, 3.05) is 55.0 Å². The van der Waals surface area contributed by atoms with Gasteiger partial charge in [0.1, 0.15) is 0 Å². The quantitative estimate of drug-likeness (QED) is 0.795. The number of aliphatic hydroxyl groups excluding tert-OH is 1. The van der Waals surface area contributed by atoms with Crippen molar-refractivity contribution in [3.63, 3.8) is 0 Å². The van der Waals surface area contributed by atoms with E-state index in [2.05, 4.69) is 25.2 Å². The summed E-state index contributed by atoms with van der Waals surface area (Å²) in [4.78, 5) is 17.5. The first kappa shape index (κ1) is 14.8. The molecule has 0 saturated carbocycles. The molecular formula is C13H24N6O.